The summed E-state index contributed by atoms with van der Waals surface area (Å²) in [6, 6.07) is 14.1. The van der Waals surface area contributed by atoms with Gasteiger partial charge >= 0.3 is 5.97 Å². The van der Waals surface area contributed by atoms with Crippen LogP contribution in [0.2, 0.25) is 0 Å². The van der Waals surface area contributed by atoms with Crippen LogP contribution in [-0.4, -0.2) is 17.0 Å². The number of phenolic OH excluding ortho intramolecular Hbond substituents is 1. The number of hydrogen-bond acceptors (Lipinski definition) is 4. The molecule has 2 aromatic carbocycles. The zero-order chi connectivity index (χ0) is 18.2. The maximum atomic E-state index is 12.5. The van der Waals surface area contributed by atoms with E-state index in [1.165, 1.54) is 12.1 Å². The Morgan fingerprint density at radius 3 is 2.56 bits per heavy atom. The van der Waals surface area contributed by atoms with Gasteiger partial charge in [0.25, 0.3) is 5.91 Å². The number of amides is 1. The zero-order valence-electron chi connectivity index (χ0n) is 14.1. The third-order valence-electron chi connectivity index (χ3n) is 3.52. The fraction of sp³-hybridized carbons (Fsp3) is 0.200. The van der Waals surface area contributed by atoms with Crippen LogP contribution in [0.3, 0.4) is 0 Å². The molecule has 0 spiro atoms. The van der Waals surface area contributed by atoms with Crippen molar-refractivity contribution >= 4 is 11.9 Å². The van der Waals surface area contributed by atoms with Gasteiger partial charge in [-0.25, -0.2) is 0 Å². The Morgan fingerprint density at radius 2 is 1.88 bits per heavy atom. The van der Waals surface area contributed by atoms with Crippen molar-refractivity contribution in [2.45, 2.75) is 26.3 Å². The SMILES string of the molecule is C=C(C)OC(=O)CCc1ccc(O)cc1C(=O)NCc1ccccc1. The molecule has 130 valence electrons. The van der Waals surface area contributed by atoms with E-state index < -0.39 is 5.97 Å². The minimum Gasteiger partial charge on any atom is -0.508 e. The van der Waals surface area contributed by atoms with Crippen LogP contribution in [0.25, 0.3) is 0 Å². The molecule has 5 heteroatoms. The standard InChI is InChI=1S/C20H21NO4/c1-14(2)25-19(23)11-9-16-8-10-17(22)12-18(16)20(24)21-13-15-6-4-3-5-7-15/h3-8,10,12,22H,1,9,11,13H2,2H3,(H,21,24). The number of carbonyl (C=O) groups excluding carboxylic acids is 2. The molecule has 0 saturated carbocycles. The van der Waals surface area contributed by atoms with Crippen LogP contribution in [0.15, 0.2) is 60.9 Å². The molecule has 2 aromatic rings. The van der Waals surface area contributed by atoms with Gasteiger partial charge in [0.05, 0.1) is 5.76 Å². The molecular weight excluding hydrogens is 318 g/mol. The van der Waals surface area contributed by atoms with Crippen LogP contribution < -0.4 is 5.32 Å². The fourth-order valence-electron chi connectivity index (χ4n) is 2.35. The molecule has 2 rings (SSSR count). The van der Waals surface area contributed by atoms with Crippen molar-refractivity contribution in [1.82, 2.24) is 5.32 Å². The van der Waals surface area contributed by atoms with Crippen molar-refractivity contribution in [2.75, 3.05) is 0 Å². The van der Waals surface area contributed by atoms with E-state index in [9.17, 15) is 14.7 Å². The number of carbonyl (C=O) groups is 2. The van der Waals surface area contributed by atoms with E-state index in [2.05, 4.69) is 11.9 Å². The van der Waals surface area contributed by atoms with Crippen molar-refractivity contribution in [3.8, 4) is 5.75 Å². The molecule has 0 aliphatic rings. The molecule has 2 N–H and O–H groups in total. The molecule has 0 fully saturated rings. The van der Waals surface area contributed by atoms with Gasteiger partial charge in [0.1, 0.15) is 5.75 Å². The summed E-state index contributed by atoms with van der Waals surface area (Å²) in [7, 11) is 0. The lowest BCUT2D eigenvalue weighted by atomic mass is 10.0. The second kappa shape index (κ2) is 8.68. The Morgan fingerprint density at radius 1 is 1.16 bits per heavy atom. The average Bonchev–Trinajstić information content (AvgIpc) is 2.59. The van der Waals surface area contributed by atoms with Gasteiger partial charge in [0.15, 0.2) is 0 Å². The second-order valence-electron chi connectivity index (χ2n) is 5.69. The molecular formula is C20H21NO4. The van der Waals surface area contributed by atoms with Gasteiger partial charge in [0, 0.05) is 18.5 Å². The Labute approximate surface area is 146 Å². The lowest BCUT2D eigenvalue weighted by Gasteiger charge is -2.11. The van der Waals surface area contributed by atoms with Gasteiger partial charge in [-0.05, 0) is 36.6 Å². The summed E-state index contributed by atoms with van der Waals surface area (Å²) in [5, 5.41) is 12.5. The average molecular weight is 339 g/mol. The minimum atomic E-state index is -0.406. The van der Waals surface area contributed by atoms with Crippen molar-refractivity contribution in [3.63, 3.8) is 0 Å². The van der Waals surface area contributed by atoms with Crippen LogP contribution in [0.5, 0.6) is 5.75 Å². The highest BCUT2D eigenvalue weighted by molar-refractivity contribution is 5.96. The molecule has 0 heterocycles. The first-order valence-corrected chi connectivity index (χ1v) is 7.96. The molecule has 0 unspecified atom stereocenters. The van der Waals surface area contributed by atoms with E-state index in [1.807, 2.05) is 30.3 Å². The normalized spacial score (nSPS) is 10.1. The monoisotopic (exact) mass is 339 g/mol. The largest absolute Gasteiger partial charge is 0.508 e. The Balaban J connectivity index is 2.05. The lowest BCUT2D eigenvalue weighted by Crippen LogP contribution is -2.24. The summed E-state index contributed by atoms with van der Waals surface area (Å²) in [6.45, 7) is 5.50. The molecule has 0 aromatic heterocycles. The van der Waals surface area contributed by atoms with E-state index in [1.54, 1.807) is 13.0 Å². The maximum Gasteiger partial charge on any atom is 0.311 e. The van der Waals surface area contributed by atoms with E-state index in [-0.39, 0.29) is 18.1 Å². The number of phenols is 1. The van der Waals surface area contributed by atoms with Gasteiger partial charge in [-0.2, -0.15) is 0 Å². The maximum absolute atomic E-state index is 12.5. The first-order valence-electron chi connectivity index (χ1n) is 7.96. The summed E-state index contributed by atoms with van der Waals surface area (Å²) < 4.78 is 4.92. The summed E-state index contributed by atoms with van der Waals surface area (Å²) in [4.78, 5) is 24.1. The van der Waals surface area contributed by atoms with E-state index in [0.717, 1.165) is 5.56 Å². The predicted molar refractivity (Wildman–Crippen MR) is 94.9 cm³/mol. The highest BCUT2D eigenvalue weighted by Gasteiger charge is 2.14. The van der Waals surface area contributed by atoms with Crippen molar-refractivity contribution in [2.24, 2.45) is 0 Å². The molecule has 0 saturated heterocycles. The number of nitrogens with one attached hydrogen (secondary N) is 1. The van der Waals surface area contributed by atoms with Crippen LogP contribution in [0.4, 0.5) is 0 Å². The zero-order valence-corrected chi connectivity index (χ0v) is 14.1. The molecule has 0 atom stereocenters. The number of rotatable bonds is 7. The van der Waals surface area contributed by atoms with Gasteiger partial charge in [-0.3, -0.25) is 9.59 Å². The summed E-state index contributed by atoms with van der Waals surface area (Å²) in [6.07, 6.45) is 0.455. The van der Waals surface area contributed by atoms with Crippen LogP contribution in [0.1, 0.15) is 34.8 Å². The number of hydrogen-bond donors (Lipinski definition) is 2. The molecule has 5 nitrogen and oxygen atoms in total. The van der Waals surface area contributed by atoms with Crippen molar-refractivity contribution in [3.05, 3.63) is 77.6 Å². The number of aromatic hydroxyl groups is 1. The van der Waals surface area contributed by atoms with Gasteiger partial charge < -0.3 is 15.2 Å². The molecule has 0 aliphatic heterocycles. The van der Waals surface area contributed by atoms with E-state index in [4.69, 9.17) is 4.74 Å². The summed E-state index contributed by atoms with van der Waals surface area (Å²) in [5.41, 5.74) is 1.99. The van der Waals surface area contributed by atoms with E-state index in [0.29, 0.717) is 29.9 Å². The molecule has 0 aliphatic carbocycles. The Hall–Kier alpha value is -3.08. The van der Waals surface area contributed by atoms with Crippen LogP contribution in [-0.2, 0) is 22.5 Å². The quantitative estimate of drug-likeness (QED) is 0.599. The summed E-state index contributed by atoms with van der Waals surface area (Å²) >= 11 is 0. The number of allylic oxidation sites excluding steroid dienone is 1. The number of aryl methyl sites for hydroxylation is 1. The lowest BCUT2D eigenvalue weighted by molar-refractivity contribution is -0.139. The van der Waals surface area contributed by atoms with Crippen molar-refractivity contribution < 1.29 is 19.4 Å². The minimum absolute atomic E-state index is 0.00174. The second-order valence-corrected chi connectivity index (χ2v) is 5.69. The third-order valence-corrected chi connectivity index (χ3v) is 3.52. The highest BCUT2D eigenvalue weighted by atomic mass is 16.5. The number of benzene rings is 2. The fourth-order valence-corrected chi connectivity index (χ4v) is 2.35. The highest BCUT2D eigenvalue weighted by Crippen LogP contribution is 2.19. The van der Waals surface area contributed by atoms with Crippen LogP contribution >= 0.6 is 0 Å². The molecule has 0 bridgehead atoms. The third kappa shape index (κ3) is 5.80. The summed E-state index contributed by atoms with van der Waals surface area (Å²) in [5.74, 6) is -0.381. The number of esters is 1. The Kier molecular flexibility index (Phi) is 6.34. The van der Waals surface area contributed by atoms with Gasteiger partial charge in [-0.15, -0.1) is 0 Å². The molecule has 25 heavy (non-hydrogen) atoms. The number of ether oxygens (including phenoxy) is 1. The smallest absolute Gasteiger partial charge is 0.311 e. The predicted octanol–water partition coefficient (Wildman–Crippen LogP) is 3.33. The molecule has 1 amide bonds. The topological polar surface area (TPSA) is 75.6 Å². The van der Waals surface area contributed by atoms with E-state index >= 15 is 0 Å². The van der Waals surface area contributed by atoms with Crippen LogP contribution in [0, 0.1) is 0 Å². The van der Waals surface area contributed by atoms with Crippen molar-refractivity contribution in [1.29, 1.82) is 0 Å². The first kappa shape index (κ1) is 18.3. The Bertz CT molecular complexity index is 769. The van der Waals surface area contributed by atoms with Gasteiger partial charge in [0.2, 0.25) is 0 Å². The first-order chi connectivity index (χ1) is 12.0. The molecule has 0 radical (unpaired) electrons. The van der Waals surface area contributed by atoms with Gasteiger partial charge in [-0.1, -0.05) is 43.0 Å².